The van der Waals surface area contributed by atoms with E-state index in [-0.39, 0.29) is 0 Å². The van der Waals surface area contributed by atoms with E-state index in [0.29, 0.717) is 11.4 Å². The molecule has 0 radical (unpaired) electrons. The molecule has 0 spiro atoms. The summed E-state index contributed by atoms with van der Waals surface area (Å²) in [5.74, 6) is 1.56. The predicted octanol–water partition coefficient (Wildman–Crippen LogP) is 3.72. The van der Waals surface area contributed by atoms with E-state index in [4.69, 9.17) is 17.0 Å². The summed E-state index contributed by atoms with van der Waals surface area (Å²) in [5, 5.41) is 8.50. The van der Waals surface area contributed by atoms with Crippen LogP contribution in [0.2, 0.25) is 0 Å². The van der Waals surface area contributed by atoms with E-state index in [1.54, 1.807) is 16.5 Å². The third kappa shape index (κ3) is 4.31. The van der Waals surface area contributed by atoms with E-state index in [9.17, 15) is 0 Å². The summed E-state index contributed by atoms with van der Waals surface area (Å²) in [6, 6.07) is 18.4. The zero-order valence-electron chi connectivity index (χ0n) is 16.1. The Balaban J connectivity index is 1.35. The molecule has 146 valence electrons. The number of likely N-dealkylation sites (tertiary alicyclic amines) is 1. The second-order valence-electron chi connectivity index (χ2n) is 7.26. The fourth-order valence-electron chi connectivity index (χ4n) is 3.72. The molecule has 2 aromatic carbocycles. The van der Waals surface area contributed by atoms with Crippen molar-refractivity contribution in [3.05, 3.63) is 64.9 Å². The van der Waals surface area contributed by atoms with Crippen LogP contribution in [0, 0.1) is 10.7 Å². The van der Waals surface area contributed by atoms with Crippen LogP contribution in [0.4, 0.5) is 0 Å². The van der Waals surface area contributed by atoms with Crippen LogP contribution in [0.3, 0.4) is 0 Å². The number of hydrogen-bond donors (Lipinski definition) is 0. The topological polar surface area (TPSA) is 48.1 Å². The van der Waals surface area contributed by atoms with Gasteiger partial charge in [-0.05, 0) is 77.7 Å². The molecule has 1 aromatic heterocycles. The van der Waals surface area contributed by atoms with E-state index in [2.05, 4.69) is 45.7 Å². The van der Waals surface area contributed by atoms with Crippen molar-refractivity contribution in [1.82, 2.24) is 24.7 Å². The third-order valence-corrected chi connectivity index (χ3v) is 5.75. The lowest BCUT2D eigenvalue weighted by Crippen LogP contribution is -2.36. The number of aromatic nitrogens is 4. The number of tetrazole rings is 1. The van der Waals surface area contributed by atoms with Gasteiger partial charge in [-0.15, -0.1) is 0 Å². The van der Waals surface area contributed by atoms with Gasteiger partial charge in [0.25, 0.3) is 0 Å². The molecule has 1 aliphatic rings. The Hall–Kier alpha value is -2.51. The minimum absolute atomic E-state index is 0.608. The molecule has 0 amide bonds. The zero-order chi connectivity index (χ0) is 19.3. The highest BCUT2D eigenvalue weighted by Crippen LogP contribution is 2.22. The molecular weight excluding hydrogens is 370 g/mol. The van der Waals surface area contributed by atoms with Crippen LogP contribution in [0.15, 0.2) is 54.6 Å². The maximum Gasteiger partial charge on any atom is 0.221 e. The Kier molecular flexibility index (Phi) is 5.83. The van der Waals surface area contributed by atoms with E-state index >= 15 is 0 Å². The molecule has 0 atom stereocenters. The van der Waals surface area contributed by atoms with Crippen LogP contribution in [-0.2, 0) is 13.1 Å². The molecule has 3 aromatic rings. The Morgan fingerprint density at radius 2 is 1.71 bits per heavy atom. The first-order valence-electron chi connectivity index (χ1n) is 9.66. The molecule has 0 unspecified atom stereocenters. The lowest BCUT2D eigenvalue weighted by Gasteiger charge is -2.31. The minimum Gasteiger partial charge on any atom is -0.497 e. The van der Waals surface area contributed by atoms with E-state index in [0.717, 1.165) is 30.4 Å². The summed E-state index contributed by atoms with van der Waals surface area (Å²) in [6.45, 7) is 2.82. The van der Waals surface area contributed by atoms with Gasteiger partial charge in [0.2, 0.25) is 4.77 Å². The molecule has 0 bridgehead atoms. The number of nitrogens with zero attached hydrogens (tertiary/aromatic N) is 5. The van der Waals surface area contributed by atoms with Crippen LogP contribution in [0.25, 0.3) is 5.69 Å². The van der Waals surface area contributed by atoms with Crippen molar-refractivity contribution in [1.29, 1.82) is 0 Å². The number of benzene rings is 2. The van der Waals surface area contributed by atoms with Gasteiger partial charge in [-0.2, -0.15) is 4.68 Å². The second-order valence-corrected chi connectivity index (χ2v) is 7.63. The largest absolute Gasteiger partial charge is 0.497 e. The maximum atomic E-state index is 5.59. The molecule has 6 nitrogen and oxygen atoms in total. The smallest absolute Gasteiger partial charge is 0.221 e. The van der Waals surface area contributed by atoms with Crippen molar-refractivity contribution < 1.29 is 4.74 Å². The maximum absolute atomic E-state index is 5.59. The second kappa shape index (κ2) is 8.67. The molecule has 2 heterocycles. The number of rotatable bonds is 6. The first-order valence-corrected chi connectivity index (χ1v) is 10.1. The van der Waals surface area contributed by atoms with Gasteiger partial charge < -0.3 is 4.74 Å². The standard InChI is InChI=1S/C21H25N5OS/c1-27-20-9-7-19(8-10-20)26-21(28)25(22-23-26)16-24-13-11-18(12-14-24)15-17-5-3-2-4-6-17/h2-10,18H,11-16H2,1H3. The van der Waals surface area contributed by atoms with Crippen LogP contribution >= 0.6 is 12.2 Å². The molecule has 1 fully saturated rings. The first-order chi connectivity index (χ1) is 13.7. The van der Waals surface area contributed by atoms with Crippen LogP contribution in [-0.4, -0.2) is 44.9 Å². The lowest BCUT2D eigenvalue weighted by atomic mass is 9.90. The van der Waals surface area contributed by atoms with Gasteiger partial charge in [0.1, 0.15) is 5.75 Å². The highest BCUT2D eigenvalue weighted by Gasteiger charge is 2.20. The van der Waals surface area contributed by atoms with Crippen molar-refractivity contribution in [2.24, 2.45) is 5.92 Å². The summed E-state index contributed by atoms with van der Waals surface area (Å²) in [5.41, 5.74) is 2.32. The van der Waals surface area contributed by atoms with Gasteiger partial charge in [0.05, 0.1) is 19.5 Å². The highest BCUT2D eigenvalue weighted by molar-refractivity contribution is 7.71. The number of hydrogen-bond acceptors (Lipinski definition) is 5. The van der Waals surface area contributed by atoms with E-state index in [1.807, 2.05) is 24.3 Å². The molecule has 1 aliphatic heterocycles. The van der Waals surface area contributed by atoms with Gasteiger partial charge in [0, 0.05) is 13.1 Å². The third-order valence-electron chi connectivity index (χ3n) is 5.36. The molecule has 4 rings (SSSR count). The first kappa shape index (κ1) is 18.8. The quantitative estimate of drug-likeness (QED) is 0.596. The predicted molar refractivity (Wildman–Crippen MR) is 111 cm³/mol. The Labute approximate surface area is 170 Å². The fraction of sp³-hybridized carbons (Fsp3) is 0.381. The summed E-state index contributed by atoms with van der Waals surface area (Å²) in [4.78, 5) is 2.41. The zero-order valence-corrected chi connectivity index (χ0v) is 16.9. The van der Waals surface area contributed by atoms with Crippen LogP contribution < -0.4 is 4.74 Å². The summed E-state index contributed by atoms with van der Waals surface area (Å²) >= 11 is 5.59. The fourth-order valence-corrected chi connectivity index (χ4v) is 3.95. The minimum atomic E-state index is 0.608. The van der Waals surface area contributed by atoms with Gasteiger partial charge >= 0.3 is 0 Å². The number of piperidine rings is 1. The summed E-state index contributed by atoms with van der Waals surface area (Å²) in [6.07, 6.45) is 3.57. The average Bonchev–Trinajstić information content (AvgIpc) is 3.10. The SMILES string of the molecule is COc1ccc(-n2nnn(CN3CCC(Cc4ccccc4)CC3)c2=S)cc1. The summed E-state index contributed by atoms with van der Waals surface area (Å²) in [7, 11) is 1.65. The Morgan fingerprint density at radius 3 is 2.39 bits per heavy atom. The van der Waals surface area contributed by atoms with E-state index < -0.39 is 0 Å². The van der Waals surface area contributed by atoms with Crippen molar-refractivity contribution in [3.63, 3.8) is 0 Å². The summed E-state index contributed by atoms with van der Waals surface area (Å²) < 4.78 is 9.31. The molecule has 7 heteroatoms. The van der Waals surface area contributed by atoms with Crippen molar-refractivity contribution >= 4 is 12.2 Å². The number of methoxy groups -OCH3 is 1. The van der Waals surface area contributed by atoms with Gasteiger partial charge in [-0.25, -0.2) is 4.68 Å². The Bertz CT molecular complexity index is 943. The normalized spacial score (nSPS) is 15.6. The average molecular weight is 396 g/mol. The van der Waals surface area contributed by atoms with Crippen LogP contribution in [0.1, 0.15) is 18.4 Å². The molecule has 0 aliphatic carbocycles. The number of ether oxygens (including phenoxy) is 1. The molecule has 0 N–H and O–H groups in total. The van der Waals surface area contributed by atoms with Crippen molar-refractivity contribution in [2.75, 3.05) is 20.2 Å². The lowest BCUT2D eigenvalue weighted by molar-refractivity contribution is 0.139. The highest BCUT2D eigenvalue weighted by atomic mass is 32.1. The Morgan fingerprint density at radius 1 is 1.00 bits per heavy atom. The van der Waals surface area contributed by atoms with Gasteiger partial charge in [0.15, 0.2) is 0 Å². The van der Waals surface area contributed by atoms with Crippen molar-refractivity contribution in [2.45, 2.75) is 25.9 Å². The monoisotopic (exact) mass is 395 g/mol. The molecular formula is C21H25N5OS. The van der Waals surface area contributed by atoms with Crippen molar-refractivity contribution in [3.8, 4) is 11.4 Å². The van der Waals surface area contributed by atoms with E-state index in [1.165, 1.54) is 24.8 Å². The molecule has 1 saturated heterocycles. The molecule has 0 saturated carbocycles. The molecule has 28 heavy (non-hydrogen) atoms. The van der Waals surface area contributed by atoms with Gasteiger partial charge in [-0.1, -0.05) is 30.3 Å². The van der Waals surface area contributed by atoms with Crippen LogP contribution in [0.5, 0.6) is 5.75 Å². The van der Waals surface area contributed by atoms with Gasteiger partial charge in [-0.3, -0.25) is 4.90 Å².